The van der Waals surface area contributed by atoms with E-state index in [4.69, 9.17) is 0 Å². The Morgan fingerprint density at radius 3 is 1.59 bits per heavy atom. The summed E-state index contributed by atoms with van der Waals surface area (Å²) in [6.07, 6.45) is 6.91. The average molecular weight is 306 g/mol. The number of amides is 2. The minimum Gasteiger partial charge on any atom is -0.356 e. The smallest absolute Gasteiger partial charge is 0.223 e. The molecule has 3 saturated carbocycles. The van der Waals surface area contributed by atoms with Crippen LogP contribution >= 0.6 is 0 Å². The molecule has 0 heterocycles. The molecule has 0 aromatic carbocycles. The highest BCUT2D eigenvalue weighted by atomic mass is 16.2. The molecule has 0 spiro atoms. The van der Waals surface area contributed by atoms with Crippen LogP contribution in [0.5, 0.6) is 0 Å². The van der Waals surface area contributed by atoms with Crippen LogP contribution in [0.3, 0.4) is 0 Å². The van der Waals surface area contributed by atoms with Crippen LogP contribution < -0.4 is 10.6 Å². The zero-order chi connectivity index (χ0) is 15.7. The van der Waals surface area contributed by atoms with Gasteiger partial charge in [0, 0.05) is 24.9 Å². The Balaban J connectivity index is 1.34. The lowest BCUT2D eigenvalue weighted by atomic mass is 9.81. The summed E-state index contributed by atoms with van der Waals surface area (Å²) in [5.74, 6) is 3.41. The van der Waals surface area contributed by atoms with Gasteiger partial charge < -0.3 is 10.6 Å². The number of rotatable bonds is 6. The molecule has 3 fully saturated rings. The molecular weight excluding hydrogens is 276 g/mol. The SMILES string of the molecule is C[C@H]1C[C@H]1C(=O)NC[C@H]1CCC[C@@H](CNC(=O)[C@@H]2C[C@@H]2C)C1. The van der Waals surface area contributed by atoms with Crippen LogP contribution in [0.2, 0.25) is 0 Å². The van der Waals surface area contributed by atoms with Gasteiger partial charge in [-0.1, -0.05) is 20.3 Å². The Bertz CT molecular complexity index is 399. The normalized spacial score (nSPS) is 39.9. The number of nitrogens with one attached hydrogen (secondary N) is 2. The lowest BCUT2D eigenvalue weighted by Crippen LogP contribution is -2.36. The summed E-state index contributed by atoms with van der Waals surface area (Å²) in [6.45, 7) is 5.94. The molecular formula is C18H30N2O2. The molecule has 4 heteroatoms. The number of carbonyl (C=O) groups excluding carboxylic acids is 2. The third kappa shape index (κ3) is 4.02. The summed E-state index contributed by atoms with van der Waals surface area (Å²) < 4.78 is 0. The first kappa shape index (κ1) is 15.8. The van der Waals surface area contributed by atoms with Gasteiger partial charge in [0.2, 0.25) is 11.8 Å². The minimum absolute atomic E-state index is 0.255. The van der Waals surface area contributed by atoms with Crippen molar-refractivity contribution in [2.75, 3.05) is 13.1 Å². The molecule has 2 amide bonds. The van der Waals surface area contributed by atoms with Crippen LogP contribution in [-0.2, 0) is 9.59 Å². The lowest BCUT2D eigenvalue weighted by Gasteiger charge is -2.29. The molecule has 2 N–H and O–H groups in total. The molecule has 3 rings (SSSR count). The second-order valence-corrected chi connectivity index (χ2v) is 8.03. The van der Waals surface area contributed by atoms with E-state index >= 15 is 0 Å². The first-order chi connectivity index (χ1) is 10.5. The molecule has 3 aliphatic carbocycles. The maximum atomic E-state index is 11.9. The fourth-order valence-corrected chi connectivity index (χ4v) is 3.90. The van der Waals surface area contributed by atoms with Crippen molar-refractivity contribution in [2.45, 2.75) is 52.4 Å². The van der Waals surface area contributed by atoms with Crippen molar-refractivity contribution in [1.29, 1.82) is 0 Å². The average Bonchev–Trinajstić information content (AvgIpc) is 3.41. The van der Waals surface area contributed by atoms with Crippen LogP contribution in [0, 0.1) is 35.5 Å². The largest absolute Gasteiger partial charge is 0.356 e. The predicted molar refractivity (Wildman–Crippen MR) is 86.0 cm³/mol. The highest BCUT2D eigenvalue weighted by Gasteiger charge is 2.40. The van der Waals surface area contributed by atoms with Gasteiger partial charge >= 0.3 is 0 Å². The van der Waals surface area contributed by atoms with Crippen LogP contribution in [0.1, 0.15) is 52.4 Å². The van der Waals surface area contributed by atoms with Gasteiger partial charge in [0.1, 0.15) is 0 Å². The first-order valence-corrected chi connectivity index (χ1v) is 9.10. The molecule has 4 nitrogen and oxygen atoms in total. The highest BCUT2D eigenvalue weighted by molar-refractivity contribution is 5.81. The van der Waals surface area contributed by atoms with E-state index in [0.29, 0.717) is 23.7 Å². The van der Waals surface area contributed by atoms with E-state index in [2.05, 4.69) is 24.5 Å². The maximum absolute atomic E-state index is 11.9. The number of hydrogen-bond donors (Lipinski definition) is 2. The molecule has 0 radical (unpaired) electrons. The van der Waals surface area contributed by atoms with Gasteiger partial charge in [-0.3, -0.25) is 9.59 Å². The molecule has 0 bridgehead atoms. The monoisotopic (exact) mass is 306 g/mol. The zero-order valence-electron chi connectivity index (χ0n) is 13.9. The molecule has 124 valence electrons. The molecule has 22 heavy (non-hydrogen) atoms. The Kier molecular flexibility index (Phi) is 4.74. The summed E-state index contributed by atoms with van der Waals surface area (Å²) in [4.78, 5) is 23.8. The molecule has 0 aliphatic heterocycles. The summed E-state index contributed by atoms with van der Waals surface area (Å²) in [5.41, 5.74) is 0. The predicted octanol–water partition coefficient (Wildman–Crippen LogP) is 2.34. The lowest BCUT2D eigenvalue weighted by molar-refractivity contribution is -0.123. The van der Waals surface area contributed by atoms with Crippen molar-refractivity contribution >= 4 is 11.8 Å². The van der Waals surface area contributed by atoms with Crippen molar-refractivity contribution in [2.24, 2.45) is 35.5 Å². The molecule has 6 atom stereocenters. The van der Waals surface area contributed by atoms with Gasteiger partial charge in [-0.15, -0.1) is 0 Å². The van der Waals surface area contributed by atoms with Gasteiger partial charge in [0.15, 0.2) is 0 Å². The molecule has 0 saturated heterocycles. The van der Waals surface area contributed by atoms with Crippen molar-refractivity contribution in [3.8, 4) is 0 Å². The Labute approximate surface area is 133 Å². The number of carbonyl (C=O) groups is 2. The van der Waals surface area contributed by atoms with E-state index in [9.17, 15) is 9.59 Å². The molecule has 0 aromatic heterocycles. The van der Waals surface area contributed by atoms with Gasteiger partial charge in [-0.2, -0.15) is 0 Å². The van der Waals surface area contributed by atoms with E-state index in [1.807, 2.05) is 0 Å². The van der Waals surface area contributed by atoms with Crippen LogP contribution in [0.25, 0.3) is 0 Å². The van der Waals surface area contributed by atoms with Crippen molar-refractivity contribution in [3.05, 3.63) is 0 Å². The topological polar surface area (TPSA) is 58.2 Å². The second-order valence-electron chi connectivity index (χ2n) is 8.03. The summed E-state index contributed by atoms with van der Waals surface area (Å²) in [6, 6.07) is 0. The van der Waals surface area contributed by atoms with E-state index in [1.165, 1.54) is 19.3 Å². The maximum Gasteiger partial charge on any atom is 0.223 e. The first-order valence-electron chi connectivity index (χ1n) is 9.10. The Morgan fingerprint density at radius 1 is 0.818 bits per heavy atom. The minimum atomic E-state index is 0.255. The van der Waals surface area contributed by atoms with E-state index < -0.39 is 0 Å². The van der Waals surface area contributed by atoms with Gasteiger partial charge in [-0.05, 0) is 55.8 Å². The van der Waals surface area contributed by atoms with Gasteiger partial charge in [0.05, 0.1) is 0 Å². The van der Waals surface area contributed by atoms with E-state index in [0.717, 1.165) is 32.4 Å². The second kappa shape index (κ2) is 6.59. The van der Waals surface area contributed by atoms with Gasteiger partial charge in [0.25, 0.3) is 0 Å². The summed E-state index contributed by atoms with van der Waals surface area (Å²) >= 11 is 0. The Hall–Kier alpha value is -1.06. The summed E-state index contributed by atoms with van der Waals surface area (Å²) in [7, 11) is 0. The molecule has 3 aliphatic rings. The van der Waals surface area contributed by atoms with Crippen molar-refractivity contribution in [1.82, 2.24) is 10.6 Å². The van der Waals surface area contributed by atoms with Gasteiger partial charge in [-0.25, -0.2) is 0 Å². The van der Waals surface area contributed by atoms with E-state index in [1.54, 1.807) is 0 Å². The van der Waals surface area contributed by atoms with E-state index in [-0.39, 0.29) is 23.7 Å². The third-order valence-corrected chi connectivity index (χ3v) is 5.91. The Morgan fingerprint density at radius 2 is 1.23 bits per heavy atom. The highest BCUT2D eigenvalue weighted by Crippen LogP contribution is 2.38. The standard InChI is InChI=1S/C18H30N2O2/c1-11-6-15(11)17(21)19-9-13-4-3-5-14(8-13)10-20-18(22)16-7-12(16)2/h11-16H,3-10H2,1-2H3,(H,19,21)(H,20,22)/t11-,12-,13-,14+,15+,16+/m0/s1. The number of hydrogen-bond acceptors (Lipinski definition) is 2. The fourth-order valence-electron chi connectivity index (χ4n) is 3.90. The third-order valence-electron chi connectivity index (χ3n) is 5.91. The van der Waals surface area contributed by atoms with Crippen LogP contribution in [-0.4, -0.2) is 24.9 Å². The molecule has 0 unspecified atom stereocenters. The zero-order valence-corrected chi connectivity index (χ0v) is 13.9. The fraction of sp³-hybridized carbons (Fsp3) is 0.889. The quantitative estimate of drug-likeness (QED) is 0.791. The van der Waals surface area contributed by atoms with Crippen LogP contribution in [0.15, 0.2) is 0 Å². The van der Waals surface area contributed by atoms with Crippen molar-refractivity contribution in [3.63, 3.8) is 0 Å². The molecule has 0 aromatic rings. The van der Waals surface area contributed by atoms with Crippen LogP contribution in [0.4, 0.5) is 0 Å². The van der Waals surface area contributed by atoms with Crippen molar-refractivity contribution < 1.29 is 9.59 Å². The summed E-state index contributed by atoms with van der Waals surface area (Å²) in [5, 5.41) is 6.28.